The minimum absolute atomic E-state index is 0.184. The molecule has 1 heterocycles. The first-order chi connectivity index (χ1) is 9.24. The van der Waals surface area contributed by atoms with Crippen LogP contribution < -0.4 is 16.4 Å². The highest BCUT2D eigenvalue weighted by Gasteiger charge is 2.13. The quantitative estimate of drug-likeness (QED) is 0.573. The van der Waals surface area contributed by atoms with Crippen LogP contribution in [0.15, 0.2) is 27.8 Å². The van der Waals surface area contributed by atoms with Gasteiger partial charge in [0.05, 0.1) is 18.8 Å². The Morgan fingerprint density at radius 1 is 1.42 bits per heavy atom. The van der Waals surface area contributed by atoms with E-state index in [9.17, 15) is 4.79 Å². The lowest BCUT2D eigenvalue weighted by Gasteiger charge is -2.18. The summed E-state index contributed by atoms with van der Waals surface area (Å²) >= 11 is 0. The highest BCUT2D eigenvalue weighted by molar-refractivity contribution is 5.95. The molecule has 0 saturated heterocycles. The molecule has 104 valence electrons. The van der Waals surface area contributed by atoms with Crippen molar-refractivity contribution in [3.05, 3.63) is 24.2 Å². The van der Waals surface area contributed by atoms with Gasteiger partial charge in [-0.2, -0.15) is 0 Å². The first-order valence-electron chi connectivity index (χ1n) is 6.64. The van der Waals surface area contributed by atoms with Crippen LogP contribution in [0.4, 0.5) is 4.79 Å². The molecule has 0 spiro atoms. The van der Waals surface area contributed by atoms with E-state index in [0.29, 0.717) is 12.3 Å². The number of guanidine groups is 1. The number of hydrogen-bond acceptors (Lipinski definition) is 3. The van der Waals surface area contributed by atoms with Gasteiger partial charge in [0.15, 0.2) is 5.96 Å². The summed E-state index contributed by atoms with van der Waals surface area (Å²) in [5, 5.41) is 5.17. The van der Waals surface area contributed by atoms with Crippen LogP contribution in [-0.2, 0) is 6.54 Å². The number of nitrogens with zero attached hydrogens (tertiary/aromatic N) is 1. The van der Waals surface area contributed by atoms with Gasteiger partial charge in [-0.15, -0.1) is 0 Å². The summed E-state index contributed by atoms with van der Waals surface area (Å²) in [5.41, 5.74) is 5.71. The van der Waals surface area contributed by atoms with Gasteiger partial charge in [0.2, 0.25) is 0 Å². The van der Waals surface area contributed by atoms with Gasteiger partial charge < -0.3 is 15.5 Å². The molecule has 4 N–H and O–H groups in total. The van der Waals surface area contributed by atoms with Gasteiger partial charge in [-0.1, -0.05) is 19.3 Å². The second kappa shape index (κ2) is 6.82. The Bertz CT molecular complexity index is 422. The second-order valence-corrected chi connectivity index (χ2v) is 4.69. The number of rotatable bonds is 3. The van der Waals surface area contributed by atoms with Crippen molar-refractivity contribution in [1.82, 2.24) is 10.6 Å². The number of hydrogen-bond donors (Lipinski definition) is 3. The lowest BCUT2D eigenvalue weighted by Crippen LogP contribution is -2.43. The molecule has 1 aliphatic carbocycles. The summed E-state index contributed by atoms with van der Waals surface area (Å²) in [6.07, 6.45) is 7.31. The SMILES string of the molecule is NC(=NC1CCCCC1)NC(=O)NCc1ccco1. The van der Waals surface area contributed by atoms with E-state index in [0.717, 1.165) is 12.8 Å². The van der Waals surface area contributed by atoms with Crippen LogP contribution in [0.1, 0.15) is 37.9 Å². The molecule has 1 fully saturated rings. The number of carbonyl (C=O) groups excluding carboxylic acids is 1. The van der Waals surface area contributed by atoms with E-state index in [1.165, 1.54) is 19.3 Å². The van der Waals surface area contributed by atoms with Gasteiger partial charge >= 0.3 is 6.03 Å². The number of furan rings is 1. The molecule has 0 bridgehead atoms. The van der Waals surface area contributed by atoms with E-state index in [-0.39, 0.29) is 18.0 Å². The first-order valence-corrected chi connectivity index (χ1v) is 6.64. The molecule has 6 heteroatoms. The standard InChI is InChI=1S/C13H20N4O2/c14-12(16-10-5-2-1-3-6-10)17-13(18)15-9-11-7-4-8-19-11/h4,7-8,10H,1-3,5-6,9H2,(H4,14,15,16,17,18). The van der Waals surface area contributed by atoms with E-state index >= 15 is 0 Å². The van der Waals surface area contributed by atoms with Crippen LogP contribution in [-0.4, -0.2) is 18.0 Å². The number of nitrogens with two attached hydrogens (primary N) is 1. The normalized spacial score (nSPS) is 17.2. The summed E-state index contributed by atoms with van der Waals surface area (Å²) in [5.74, 6) is 0.877. The average Bonchev–Trinajstić information content (AvgIpc) is 2.90. The van der Waals surface area contributed by atoms with Crippen molar-refractivity contribution in [3.8, 4) is 0 Å². The molecule has 1 aromatic rings. The minimum Gasteiger partial charge on any atom is -0.467 e. The predicted octanol–water partition coefficient (Wildman–Crippen LogP) is 1.73. The molecule has 1 aromatic heterocycles. The molecule has 19 heavy (non-hydrogen) atoms. The maximum absolute atomic E-state index is 11.6. The number of carbonyl (C=O) groups is 1. The van der Waals surface area contributed by atoms with Crippen LogP contribution in [0.5, 0.6) is 0 Å². The number of amides is 2. The van der Waals surface area contributed by atoms with E-state index < -0.39 is 0 Å². The molecule has 1 saturated carbocycles. The molecule has 0 atom stereocenters. The van der Waals surface area contributed by atoms with E-state index in [4.69, 9.17) is 10.2 Å². The summed E-state index contributed by atoms with van der Waals surface area (Å²) in [4.78, 5) is 15.9. The van der Waals surface area contributed by atoms with Crippen molar-refractivity contribution >= 4 is 12.0 Å². The maximum atomic E-state index is 11.6. The molecule has 0 radical (unpaired) electrons. The van der Waals surface area contributed by atoms with Crippen molar-refractivity contribution in [2.45, 2.75) is 44.7 Å². The molecule has 0 aromatic carbocycles. The first kappa shape index (κ1) is 13.5. The highest BCUT2D eigenvalue weighted by atomic mass is 16.3. The van der Waals surface area contributed by atoms with Crippen molar-refractivity contribution in [2.24, 2.45) is 10.7 Å². The van der Waals surface area contributed by atoms with Gasteiger partial charge in [-0.25, -0.2) is 9.79 Å². The third-order valence-electron chi connectivity index (χ3n) is 3.14. The summed E-state index contributed by atoms with van der Waals surface area (Å²) in [6, 6.07) is 3.45. The molecular formula is C13H20N4O2. The lowest BCUT2D eigenvalue weighted by molar-refractivity contribution is 0.244. The van der Waals surface area contributed by atoms with E-state index in [1.54, 1.807) is 18.4 Å². The zero-order valence-corrected chi connectivity index (χ0v) is 10.9. The fourth-order valence-corrected chi connectivity index (χ4v) is 2.18. The summed E-state index contributed by atoms with van der Waals surface area (Å²) < 4.78 is 5.11. The van der Waals surface area contributed by atoms with Gasteiger partial charge in [0.1, 0.15) is 5.76 Å². The van der Waals surface area contributed by atoms with Gasteiger partial charge in [0.25, 0.3) is 0 Å². The topological polar surface area (TPSA) is 92.6 Å². The van der Waals surface area contributed by atoms with E-state index in [2.05, 4.69) is 15.6 Å². The highest BCUT2D eigenvalue weighted by Crippen LogP contribution is 2.19. The van der Waals surface area contributed by atoms with Crippen molar-refractivity contribution in [2.75, 3.05) is 0 Å². The van der Waals surface area contributed by atoms with Gasteiger partial charge in [-0.05, 0) is 25.0 Å². The molecule has 6 nitrogen and oxygen atoms in total. The number of urea groups is 1. The van der Waals surface area contributed by atoms with Crippen LogP contribution in [0, 0.1) is 0 Å². The third kappa shape index (κ3) is 4.65. The van der Waals surface area contributed by atoms with Crippen molar-refractivity contribution in [3.63, 3.8) is 0 Å². The van der Waals surface area contributed by atoms with Crippen molar-refractivity contribution < 1.29 is 9.21 Å². The smallest absolute Gasteiger partial charge is 0.321 e. The molecule has 2 amide bonds. The Labute approximate surface area is 112 Å². The van der Waals surface area contributed by atoms with E-state index in [1.807, 2.05) is 0 Å². The fraction of sp³-hybridized carbons (Fsp3) is 0.538. The van der Waals surface area contributed by atoms with Crippen LogP contribution >= 0.6 is 0 Å². The average molecular weight is 264 g/mol. The summed E-state index contributed by atoms with van der Waals surface area (Å²) in [7, 11) is 0. The Hall–Kier alpha value is -1.98. The molecule has 0 aliphatic heterocycles. The lowest BCUT2D eigenvalue weighted by atomic mass is 9.96. The van der Waals surface area contributed by atoms with Crippen LogP contribution in [0.3, 0.4) is 0 Å². The van der Waals surface area contributed by atoms with Crippen molar-refractivity contribution in [1.29, 1.82) is 0 Å². The third-order valence-corrected chi connectivity index (χ3v) is 3.14. The number of aliphatic imine (C=N–C) groups is 1. The monoisotopic (exact) mass is 264 g/mol. The molecule has 1 aliphatic rings. The van der Waals surface area contributed by atoms with Crippen LogP contribution in [0.2, 0.25) is 0 Å². The molecule has 0 unspecified atom stereocenters. The Balaban J connectivity index is 1.72. The molecule has 2 rings (SSSR count). The number of nitrogens with one attached hydrogen (secondary N) is 2. The largest absolute Gasteiger partial charge is 0.467 e. The minimum atomic E-state index is -0.367. The fourth-order valence-electron chi connectivity index (χ4n) is 2.18. The molecular weight excluding hydrogens is 244 g/mol. The predicted molar refractivity (Wildman–Crippen MR) is 72.6 cm³/mol. The zero-order chi connectivity index (χ0) is 13.5. The van der Waals surface area contributed by atoms with Crippen LogP contribution in [0.25, 0.3) is 0 Å². The Kier molecular flexibility index (Phi) is 4.83. The second-order valence-electron chi connectivity index (χ2n) is 4.69. The maximum Gasteiger partial charge on any atom is 0.321 e. The van der Waals surface area contributed by atoms with Gasteiger partial charge in [-0.3, -0.25) is 5.32 Å². The van der Waals surface area contributed by atoms with Gasteiger partial charge in [0, 0.05) is 0 Å². The summed E-state index contributed by atoms with van der Waals surface area (Å²) in [6.45, 7) is 0.329. The Morgan fingerprint density at radius 2 is 2.21 bits per heavy atom. The Morgan fingerprint density at radius 3 is 2.89 bits per heavy atom. The zero-order valence-electron chi connectivity index (χ0n) is 10.9.